The molecule has 1 aliphatic heterocycles. The summed E-state index contributed by atoms with van der Waals surface area (Å²) in [5, 5.41) is 0.541. The van der Waals surface area contributed by atoms with E-state index in [0.717, 1.165) is 4.90 Å². The number of aromatic nitrogens is 1. The molecule has 0 bridgehead atoms. The van der Waals surface area contributed by atoms with E-state index < -0.39 is 12.0 Å². The van der Waals surface area contributed by atoms with E-state index in [4.69, 9.17) is 16.3 Å². The van der Waals surface area contributed by atoms with E-state index >= 15 is 0 Å². The standard InChI is InChI=1S/C21H17ClN2O3S/c1-2-27-21(26)19-17-7-5-13-23(17)28-18-8-4-3-6-16(18)24(19)20(25)14-9-11-15(22)12-10-14/h3-13,19H,2H2,1H3. The number of rotatable bonds is 3. The number of carbonyl (C=O) groups is 2. The second-order valence-electron chi connectivity index (χ2n) is 6.15. The van der Waals surface area contributed by atoms with E-state index in [1.807, 2.05) is 46.6 Å². The van der Waals surface area contributed by atoms with Crippen LogP contribution < -0.4 is 4.90 Å². The first kappa shape index (κ1) is 18.7. The van der Waals surface area contributed by atoms with E-state index in [-0.39, 0.29) is 12.5 Å². The first-order valence-corrected chi connectivity index (χ1v) is 9.95. The van der Waals surface area contributed by atoms with Gasteiger partial charge in [-0.25, -0.2) is 4.79 Å². The largest absolute Gasteiger partial charge is 0.464 e. The fourth-order valence-electron chi connectivity index (χ4n) is 3.19. The van der Waals surface area contributed by atoms with E-state index in [2.05, 4.69) is 0 Å². The molecule has 5 nitrogen and oxygen atoms in total. The molecule has 1 aliphatic rings. The number of anilines is 1. The highest BCUT2D eigenvalue weighted by molar-refractivity contribution is 7.98. The summed E-state index contributed by atoms with van der Waals surface area (Å²) in [4.78, 5) is 28.9. The van der Waals surface area contributed by atoms with Gasteiger partial charge in [-0.1, -0.05) is 23.7 Å². The lowest BCUT2D eigenvalue weighted by Gasteiger charge is -2.29. The summed E-state index contributed by atoms with van der Waals surface area (Å²) in [5.74, 6) is -0.764. The summed E-state index contributed by atoms with van der Waals surface area (Å²) >= 11 is 7.44. The Hall–Kier alpha value is -2.70. The number of nitrogens with zero attached hydrogens (tertiary/aromatic N) is 2. The number of esters is 1. The minimum Gasteiger partial charge on any atom is -0.464 e. The molecule has 3 aromatic rings. The third kappa shape index (κ3) is 3.30. The Morgan fingerprint density at radius 1 is 1.07 bits per heavy atom. The van der Waals surface area contributed by atoms with Gasteiger partial charge >= 0.3 is 5.97 Å². The first-order valence-electron chi connectivity index (χ1n) is 8.80. The Kier molecular flexibility index (Phi) is 5.15. The van der Waals surface area contributed by atoms with Crippen LogP contribution in [0.1, 0.15) is 29.0 Å². The van der Waals surface area contributed by atoms with Gasteiger partial charge in [0.15, 0.2) is 6.04 Å². The number of para-hydroxylation sites is 1. The molecule has 1 amide bonds. The number of amides is 1. The molecule has 0 saturated heterocycles. The van der Waals surface area contributed by atoms with Gasteiger partial charge in [-0.15, -0.1) is 0 Å². The zero-order valence-electron chi connectivity index (χ0n) is 15.0. The molecule has 0 saturated carbocycles. The minimum absolute atomic E-state index is 0.230. The van der Waals surface area contributed by atoms with E-state index in [0.29, 0.717) is 22.0 Å². The topological polar surface area (TPSA) is 51.5 Å². The van der Waals surface area contributed by atoms with Gasteiger partial charge in [0.2, 0.25) is 0 Å². The van der Waals surface area contributed by atoms with Crippen molar-refractivity contribution in [2.24, 2.45) is 0 Å². The number of fused-ring (bicyclic) bond motifs is 2. The molecule has 4 rings (SSSR count). The third-order valence-corrected chi connectivity index (χ3v) is 5.75. The lowest BCUT2D eigenvalue weighted by Crippen LogP contribution is -2.40. The van der Waals surface area contributed by atoms with Crippen LogP contribution in [0.5, 0.6) is 0 Å². The highest BCUT2D eigenvalue weighted by atomic mass is 35.5. The van der Waals surface area contributed by atoms with Crippen LogP contribution in [0, 0.1) is 0 Å². The summed E-state index contributed by atoms with van der Waals surface area (Å²) in [6, 6.07) is 17.0. The van der Waals surface area contributed by atoms with Crippen molar-refractivity contribution in [3.8, 4) is 0 Å². The molecular weight excluding hydrogens is 396 g/mol. The molecule has 0 radical (unpaired) electrons. The second-order valence-corrected chi connectivity index (χ2v) is 7.61. The summed E-state index contributed by atoms with van der Waals surface area (Å²) < 4.78 is 7.24. The van der Waals surface area contributed by atoms with Crippen LogP contribution in [0.3, 0.4) is 0 Å². The Bertz CT molecular complexity index is 1030. The Balaban J connectivity index is 1.91. The van der Waals surface area contributed by atoms with Gasteiger partial charge in [-0.3, -0.25) is 13.7 Å². The first-order chi connectivity index (χ1) is 13.6. The van der Waals surface area contributed by atoms with Crippen LogP contribution in [0.15, 0.2) is 71.8 Å². The second kappa shape index (κ2) is 7.73. The minimum atomic E-state index is -0.894. The van der Waals surface area contributed by atoms with Crippen LogP contribution in [0.4, 0.5) is 5.69 Å². The Labute approximate surface area is 172 Å². The fraction of sp³-hybridized carbons (Fsp3) is 0.143. The molecule has 2 aromatic carbocycles. The molecule has 1 atom stereocenters. The van der Waals surface area contributed by atoms with Gasteiger partial charge in [-0.05, 0) is 67.4 Å². The van der Waals surface area contributed by atoms with Crippen molar-refractivity contribution in [3.05, 3.63) is 83.1 Å². The maximum Gasteiger partial charge on any atom is 0.335 e. The highest BCUT2D eigenvalue weighted by Crippen LogP contribution is 2.42. The zero-order chi connectivity index (χ0) is 19.7. The monoisotopic (exact) mass is 412 g/mol. The molecule has 0 fully saturated rings. The van der Waals surface area contributed by atoms with Crippen molar-refractivity contribution in [3.63, 3.8) is 0 Å². The highest BCUT2D eigenvalue weighted by Gasteiger charge is 2.39. The van der Waals surface area contributed by atoms with Crippen molar-refractivity contribution in [1.29, 1.82) is 0 Å². The molecule has 1 aromatic heterocycles. The van der Waals surface area contributed by atoms with Crippen LogP contribution in [-0.2, 0) is 9.53 Å². The summed E-state index contributed by atoms with van der Waals surface area (Å²) in [5.41, 5.74) is 1.79. The van der Waals surface area contributed by atoms with Gasteiger partial charge in [-0.2, -0.15) is 0 Å². The summed E-state index contributed by atoms with van der Waals surface area (Å²) in [7, 11) is 0. The van der Waals surface area contributed by atoms with Crippen LogP contribution in [-0.4, -0.2) is 22.5 Å². The molecule has 7 heteroatoms. The van der Waals surface area contributed by atoms with Gasteiger partial charge in [0.25, 0.3) is 5.91 Å². The maximum absolute atomic E-state index is 13.5. The Morgan fingerprint density at radius 2 is 1.82 bits per heavy atom. The Morgan fingerprint density at radius 3 is 2.57 bits per heavy atom. The van der Waals surface area contributed by atoms with Gasteiger partial charge in [0.1, 0.15) is 0 Å². The maximum atomic E-state index is 13.5. The lowest BCUT2D eigenvalue weighted by atomic mass is 10.1. The van der Waals surface area contributed by atoms with E-state index in [1.54, 1.807) is 31.2 Å². The van der Waals surface area contributed by atoms with Crippen molar-refractivity contribution in [2.75, 3.05) is 11.5 Å². The molecule has 1 unspecified atom stereocenters. The number of carbonyl (C=O) groups excluding carboxylic acids is 2. The SMILES string of the molecule is CCOC(=O)C1c2cccn2Sc2ccccc2N1C(=O)c1ccc(Cl)cc1. The summed E-state index contributed by atoms with van der Waals surface area (Å²) in [6.45, 7) is 1.98. The fourth-order valence-corrected chi connectivity index (χ4v) is 4.32. The van der Waals surface area contributed by atoms with Gasteiger partial charge in [0.05, 0.1) is 22.9 Å². The molecule has 2 heterocycles. The van der Waals surface area contributed by atoms with Crippen LogP contribution >= 0.6 is 23.5 Å². The number of hydrogen-bond acceptors (Lipinski definition) is 4. The zero-order valence-corrected chi connectivity index (χ0v) is 16.6. The van der Waals surface area contributed by atoms with Crippen molar-refractivity contribution in [2.45, 2.75) is 17.9 Å². The predicted octanol–water partition coefficient (Wildman–Crippen LogP) is 4.96. The average Bonchev–Trinajstić information content (AvgIpc) is 3.09. The molecule has 0 N–H and O–H groups in total. The molecule has 0 aliphatic carbocycles. The van der Waals surface area contributed by atoms with Crippen LogP contribution in [0.2, 0.25) is 5.02 Å². The van der Waals surface area contributed by atoms with Crippen molar-refractivity contribution >= 4 is 41.1 Å². The van der Waals surface area contributed by atoms with E-state index in [1.165, 1.54) is 16.8 Å². The molecule has 28 heavy (non-hydrogen) atoms. The molecule has 0 spiro atoms. The van der Waals surface area contributed by atoms with Crippen LogP contribution in [0.25, 0.3) is 0 Å². The third-order valence-electron chi connectivity index (χ3n) is 4.42. The van der Waals surface area contributed by atoms with Crippen molar-refractivity contribution < 1.29 is 14.3 Å². The average molecular weight is 413 g/mol. The quantitative estimate of drug-likeness (QED) is 0.570. The summed E-state index contributed by atoms with van der Waals surface area (Å²) in [6.07, 6.45) is 1.87. The van der Waals surface area contributed by atoms with Crippen molar-refractivity contribution in [1.82, 2.24) is 3.97 Å². The number of hydrogen-bond donors (Lipinski definition) is 0. The molecular formula is C21H17ClN2O3S. The lowest BCUT2D eigenvalue weighted by molar-refractivity contribution is -0.144. The number of halogens is 1. The normalized spacial score (nSPS) is 15.4. The van der Waals surface area contributed by atoms with Gasteiger partial charge < -0.3 is 4.74 Å². The smallest absolute Gasteiger partial charge is 0.335 e. The number of benzene rings is 2. The predicted molar refractivity (Wildman–Crippen MR) is 110 cm³/mol. The molecule has 142 valence electrons. The number of ether oxygens (including phenoxy) is 1. The van der Waals surface area contributed by atoms with Gasteiger partial charge in [0, 0.05) is 16.8 Å². The van der Waals surface area contributed by atoms with E-state index in [9.17, 15) is 9.59 Å².